The van der Waals surface area contributed by atoms with Crippen LogP contribution >= 0.6 is 0 Å². The Morgan fingerprint density at radius 3 is 2.06 bits per heavy atom. The van der Waals surface area contributed by atoms with Gasteiger partial charge in [-0.1, -0.05) is 12.1 Å². The average Bonchev–Trinajstić information content (AvgIpc) is 3.32. The van der Waals surface area contributed by atoms with Gasteiger partial charge in [-0.15, -0.1) is 0 Å². The van der Waals surface area contributed by atoms with Crippen molar-refractivity contribution in [1.29, 1.82) is 0 Å². The molecule has 2 aromatic rings. The Balaban J connectivity index is 1.79. The second-order valence-electron chi connectivity index (χ2n) is 7.87. The van der Waals surface area contributed by atoms with Gasteiger partial charge in [-0.3, -0.25) is 9.69 Å². The summed E-state index contributed by atoms with van der Waals surface area (Å²) in [6.07, 6.45) is 2.38. The van der Waals surface area contributed by atoms with E-state index in [-0.39, 0.29) is 11.9 Å². The first kappa shape index (κ1) is 22.7. The van der Waals surface area contributed by atoms with Crippen LogP contribution in [0.15, 0.2) is 36.4 Å². The molecule has 1 aliphatic heterocycles. The van der Waals surface area contributed by atoms with Crippen molar-refractivity contribution in [3.8, 4) is 17.2 Å². The molecule has 0 aliphatic carbocycles. The molecule has 7 nitrogen and oxygen atoms in total. The topological polar surface area (TPSA) is 63.3 Å². The fourth-order valence-electron chi connectivity index (χ4n) is 4.01. The zero-order valence-corrected chi connectivity index (χ0v) is 19.1. The molecule has 1 heterocycles. The third kappa shape index (κ3) is 5.22. The van der Waals surface area contributed by atoms with E-state index in [1.54, 1.807) is 33.5 Å². The Morgan fingerprint density at radius 1 is 1.00 bits per heavy atom. The molecule has 1 atom stereocenters. The Kier molecular flexibility index (Phi) is 7.63. The molecule has 0 saturated carbocycles. The van der Waals surface area contributed by atoms with Crippen molar-refractivity contribution in [2.45, 2.75) is 18.9 Å². The number of rotatable bonds is 9. The number of carbonyl (C=O) groups excluding carboxylic acids is 1. The van der Waals surface area contributed by atoms with E-state index in [1.807, 2.05) is 14.1 Å². The maximum atomic E-state index is 13.0. The van der Waals surface area contributed by atoms with Gasteiger partial charge in [-0.2, -0.15) is 0 Å². The summed E-state index contributed by atoms with van der Waals surface area (Å²) in [6, 6.07) is 12.0. The molecule has 2 aromatic carbocycles. The second-order valence-corrected chi connectivity index (χ2v) is 7.87. The minimum atomic E-state index is -0.173. The van der Waals surface area contributed by atoms with Gasteiger partial charge in [0, 0.05) is 31.9 Å². The summed E-state index contributed by atoms with van der Waals surface area (Å²) in [4.78, 5) is 17.5. The lowest BCUT2D eigenvalue weighted by Crippen LogP contribution is -2.36. The van der Waals surface area contributed by atoms with Gasteiger partial charge < -0.3 is 24.4 Å². The number of anilines is 1. The molecule has 0 unspecified atom stereocenters. The number of hydrogen-bond donors (Lipinski definition) is 1. The van der Waals surface area contributed by atoms with Gasteiger partial charge in [0.1, 0.15) is 0 Å². The monoisotopic (exact) mass is 427 g/mol. The fraction of sp³-hybridized carbons (Fsp3) is 0.458. The second kappa shape index (κ2) is 10.4. The van der Waals surface area contributed by atoms with Crippen molar-refractivity contribution < 1.29 is 19.0 Å². The Morgan fingerprint density at radius 2 is 1.58 bits per heavy atom. The zero-order chi connectivity index (χ0) is 22.4. The Hall–Kier alpha value is -2.93. The standard InChI is InChI=1S/C24H33N3O4/c1-26(2)19-10-8-17(9-11-19)20(27-12-6-7-13-27)16-25-24(28)18-14-21(29-3)23(31-5)22(15-18)30-4/h8-11,14-15,20H,6-7,12-13,16H2,1-5H3,(H,25,28)/t20-/m0/s1. The molecule has 0 spiro atoms. The van der Waals surface area contributed by atoms with E-state index < -0.39 is 0 Å². The number of nitrogens with zero attached hydrogens (tertiary/aromatic N) is 2. The summed E-state index contributed by atoms with van der Waals surface area (Å²) in [5.74, 6) is 1.22. The van der Waals surface area contributed by atoms with Crippen molar-refractivity contribution in [2.75, 3.05) is 60.0 Å². The van der Waals surface area contributed by atoms with Crippen LogP contribution in [-0.2, 0) is 0 Å². The highest BCUT2D eigenvalue weighted by molar-refractivity contribution is 5.95. The minimum absolute atomic E-state index is 0.129. The molecule has 0 bridgehead atoms. The molecule has 1 saturated heterocycles. The third-order valence-corrected chi connectivity index (χ3v) is 5.76. The van der Waals surface area contributed by atoms with Crippen LogP contribution in [0.5, 0.6) is 17.2 Å². The smallest absolute Gasteiger partial charge is 0.251 e. The Bertz CT molecular complexity index is 852. The first-order valence-corrected chi connectivity index (χ1v) is 10.6. The summed E-state index contributed by atoms with van der Waals surface area (Å²) < 4.78 is 16.1. The van der Waals surface area contributed by atoms with Gasteiger partial charge in [0.05, 0.1) is 27.4 Å². The zero-order valence-electron chi connectivity index (χ0n) is 19.1. The van der Waals surface area contributed by atoms with E-state index in [9.17, 15) is 4.79 Å². The van der Waals surface area contributed by atoms with Crippen LogP contribution in [0.2, 0.25) is 0 Å². The minimum Gasteiger partial charge on any atom is -0.493 e. The number of benzene rings is 2. The molecule has 1 aliphatic rings. The van der Waals surface area contributed by atoms with Gasteiger partial charge >= 0.3 is 0 Å². The predicted octanol–water partition coefficient (Wildman–Crippen LogP) is 3.35. The van der Waals surface area contributed by atoms with Gasteiger partial charge in [-0.05, 0) is 55.8 Å². The van der Waals surface area contributed by atoms with Gasteiger partial charge in [0.25, 0.3) is 5.91 Å². The first-order valence-electron chi connectivity index (χ1n) is 10.6. The van der Waals surface area contributed by atoms with Crippen LogP contribution < -0.4 is 24.4 Å². The molecular weight excluding hydrogens is 394 g/mol. The molecule has 1 amide bonds. The molecular formula is C24H33N3O4. The molecule has 3 rings (SSSR count). The summed E-state index contributed by atoms with van der Waals surface area (Å²) in [5, 5.41) is 3.11. The SMILES string of the molecule is COc1cc(C(=O)NC[C@@H](c2ccc(N(C)C)cc2)N2CCCC2)cc(OC)c1OC. The summed E-state index contributed by atoms with van der Waals surface area (Å²) in [5.41, 5.74) is 2.83. The normalized spacial score (nSPS) is 14.7. The summed E-state index contributed by atoms with van der Waals surface area (Å²) in [7, 11) is 8.69. The molecule has 7 heteroatoms. The van der Waals surface area contributed by atoms with Crippen LogP contribution in [-0.4, -0.2) is 65.9 Å². The van der Waals surface area contributed by atoms with Gasteiger partial charge in [0.15, 0.2) is 11.5 Å². The van der Waals surface area contributed by atoms with E-state index in [0.29, 0.717) is 29.4 Å². The molecule has 168 valence electrons. The number of likely N-dealkylation sites (tertiary alicyclic amines) is 1. The van der Waals surface area contributed by atoms with E-state index in [0.717, 1.165) is 18.8 Å². The first-order chi connectivity index (χ1) is 15.0. The maximum Gasteiger partial charge on any atom is 0.251 e. The highest BCUT2D eigenvalue weighted by Gasteiger charge is 2.25. The van der Waals surface area contributed by atoms with Crippen LogP contribution in [0.3, 0.4) is 0 Å². The van der Waals surface area contributed by atoms with E-state index >= 15 is 0 Å². The van der Waals surface area contributed by atoms with Crippen molar-refractivity contribution in [3.63, 3.8) is 0 Å². The van der Waals surface area contributed by atoms with E-state index in [2.05, 4.69) is 39.4 Å². The van der Waals surface area contributed by atoms with Crippen LogP contribution in [0, 0.1) is 0 Å². The Labute approximate surface area is 184 Å². The number of amides is 1. The molecule has 0 radical (unpaired) electrons. The van der Waals surface area contributed by atoms with E-state index in [1.165, 1.54) is 18.4 Å². The highest BCUT2D eigenvalue weighted by Crippen LogP contribution is 2.38. The third-order valence-electron chi connectivity index (χ3n) is 5.76. The lowest BCUT2D eigenvalue weighted by Gasteiger charge is -2.28. The fourth-order valence-corrected chi connectivity index (χ4v) is 4.01. The van der Waals surface area contributed by atoms with Crippen molar-refractivity contribution >= 4 is 11.6 Å². The molecule has 0 aromatic heterocycles. The number of carbonyl (C=O) groups is 1. The highest BCUT2D eigenvalue weighted by atomic mass is 16.5. The maximum absolute atomic E-state index is 13.0. The number of methoxy groups -OCH3 is 3. The van der Waals surface area contributed by atoms with Crippen molar-refractivity contribution in [3.05, 3.63) is 47.5 Å². The molecule has 1 N–H and O–H groups in total. The number of hydrogen-bond acceptors (Lipinski definition) is 6. The van der Waals surface area contributed by atoms with Crippen molar-refractivity contribution in [1.82, 2.24) is 10.2 Å². The summed E-state index contributed by atoms with van der Waals surface area (Å²) >= 11 is 0. The van der Waals surface area contributed by atoms with Crippen LogP contribution in [0.4, 0.5) is 5.69 Å². The van der Waals surface area contributed by atoms with Gasteiger partial charge in [-0.25, -0.2) is 0 Å². The van der Waals surface area contributed by atoms with Gasteiger partial charge in [0.2, 0.25) is 5.75 Å². The lowest BCUT2D eigenvalue weighted by atomic mass is 10.0. The van der Waals surface area contributed by atoms with Crippen LogP contribution in [0.1, 0.15) is 34.8 Å². The number of nitrogens with one attached hydrogen (secondary N) is 1. The lowest BCUT2D eigenvalue weighted by molar-refractivity contribution is 0.0937. The average molecular weight is 428 g/mol. The van der Waals surface area contributed by atoms with Crippen LogP contribution in [0.25, 0.3) is 0 Å². The quantitative estimate of drug-likeness (QED) is 0.662. The van der Waals surface area contributed by atoms with E-state index in [4.69, 9.17) is 14.2 Å². The largest absolute Gasteiger partial charge is 0.493 e. The molecule has 1 fully saturated rings. The molecule has 31 heavy (non-hydrogen) atoms. The number of ether oxygens (including phenoxy) is 3. The predicted molar refractivity (Wildman–Crippen MR) is 123 cm³/mol. The van der Waals surface area contributed by atoms with Crippen molar-refractivity contribution in [2.24, 2.45) is 0 Å². The summed E-state index contributed by atoms with van der Waals surface area (Å²) in [6.45, 7) is 2.61.